The first-order valence-electron chi connectivity index (χ1n) is 6.55. The Kier molecular flexibility index (Phi) is 4.36. The zero-order chi connectivity index (χ0) is 13.0. The monoisotopic (exact) mass is 251 g/mol. The van der Waals surface area contributed by atoms with Gasteiger partial charge >= 0.3 is 0 Å². The molecule has 0 aromatic carbocycles. The lowest BCUT2D eigenvalue weighted by Crippen LogP contribution is -2.35. The minimum Gasteiger partial charge on any atom is -0.473 e. The Hall–Kier alpha value is -1.36. The van der Waals surface area contributed by atoms with Crippen LogP contribution >= 0.6 is 0 Å². The molecule has 0 saturated carbocycles. The van der Waals surface area contributed by atoms with Crippen molar-refractivity contribution >= 4 is 5.82 Å². The number of hydrogen-bond acceptors (Lipinski definition) is 5. The lowest BCUT2D eigenvalue weighted by Gasteiger charge is -2.31. The minimum atomic E-state index is 0.162. The molecule has 1 aliphatic rings. The van der Waals surface area contributed by atoms with Gasteiger partial charge < -0.3 is 14.8 Å². The lowest BCUT2D eigenvalue weighted by molar-refractivity contribution is -0.0730. The zero-order valence-electron chi connectivity index (χ0n) is 11.2. The Morgan fingerprint density at radius 2 is 2.06 bits per heavy atom. The van der Waals surface area contributed by atoms with Crippen LogP contribution in [0.1, 0.15) is 33.6 Å². The van der Waals surface area contributed by atoms with Crippen molar-refractivity contribution in [2.45, 2.75) is 51.9 Å². The van der Waals surface area contributed by atoms with Crippen LogP contribution in [0, 0.1) is 0 Å². The fraction of sp³-hybridized carbons (Fsp3) is 0.692. The molecular weight excluding hydrogens is 230 g/mol. The summed E-state index contributed by atoms with van der Waals surface area (Å²) in [4.78, 5) is 8.50. The number of rotatable bonds is 4. The van der Waals surface area contributed by atoms with E-state index in [4.69, 9.17) is 9.47 Å². The Morgan fingerprint density at radius 3 is 2.72 bits per heavy atom. The number of nitrogens with zero attached hydrogens (tertiary/aromatic N) is 2. The summed E-state index contributed by atoms with van der Waals surface area (Å²) in [7, 11) is 0. The normalized spacial score (nSPS) is 27.8. The maximum atomic E-state index is 5.89. The number of nitrogens with one attached hydrogen (secondary N) is 1. The Morgan fingerprint density at radius 1 is 1.33 bits per heavy atom. The zero-order valence-corrected chi connectivity index (χ0v) is 11.2. The second-order valence-electron chi connectivity index (χ2n) is 4.74. The van der Waals surface area contributed by atoms with Crippen molar-refractivity contribution in [1.29, 1.82) is 0 Å². The molecule has 1 N–H and O–H groups in total. The highest BCUT2D eigenvalue weighted by atomic mass is 16.5. The molecule has 0 amide bonds. The molecule has 2 unspecified atom stereocenters. The molecule has 0 aliphatic carbocycles. The summed E-state index contributed by atoms with van der Waals surface area (Å²) in [6.45, 7) is 7.00. The van der Waals surface area contributed by atoms with Gasteiger partial charge in [-0.3, -0.25) is 4.98 Å². The van der Waals surface area contributed by atoms with Crippen LogP contribution in [-0.4, -0.2) is 34.8 Å². The van der Waals surface area contributed by atoms with Gasteiger partial charge in [0.05, 0.1) is 24.6 Å². The van der Waals surface area contributed by atoms with E-state index in [1.807, 2.05) is 6.92 Å². The first kappa shape index (κ1) is 13.1. The van der Waals surface area contributed by atoms with E-state index in [0.29, 0.717) is 5.88 Å². The van der Waals surface area contributed by atoms with E-state index < -0.39 is 0 Å². The van der Waals surface area contributed by atoms with Gasteiger partial charge in [0.1, 0.15) is 11.9 Å². The van der Waals surface area contributed by atoms with Crippen molar-refractivity contribution in [2.75, 3.05) is 11.9 Å². The summed E-state index contributed by atoms with van der Waals surface area (Å²) in [6, 6.07) is 0. The quantitative estimate of drug-likeness (QED) is 0.889. The second-order valence-corrected chi connectivity index (χ2v) is 4.74. The van der Waals surface area contributed by atoms with E-state index in [1.54, 1.807) is 12.4 Å². The van der Waals surface area contributed by atoms with Crippen LogP contribution < -0.4 is 10.1 Å². The fourth-order valence-corrected chi connectivity index (χ4v) is 2.28. The Bertz CT molecular complexity index is 376. The van der Waals surface area contributed by atoms with Crippen molar-refractivity contribution < 1.29 is 9.47 Å². The molecule has 100 valence electrons. The highest BCUT2D eigenvalue weighted by Gasteiger charge is 2.26. The molecule has 1 fully saturated rings. The molecule has 18 heavy (non-hydrogen) atoms. The second kappa shape index (κ2) is 6.00. The van der Waals surface area contributed by atoms with Crippen LogP contribution in [0.2, 0.25) is 0 Å². The van der Waals surface area contributed by atoms with Crippen molar-refractivity contribution in [3.63, 3.8) is 0 Å². The average Bonchev–Trinajstić information content (AvgIpc) is 2.28. The topological polar surface area (TPSA) is 56.3 Å². The van der Waals surface area contributed by atoms with E-state index in [2.05, 4.69) is 29.1 Å². The third kappa shape index (κ3) is 3.57. The smallest absolute Gasteiger partial charge is 0.234 e. The molecule has 5 heteroatoms. The maximum Gasteiger partial charge on any atom is 0.234 e. The van der Waals surface area contributed by atoms with Gasteiger partial charge in [0.2, 0.25) is 5.88 Å². The molecule has 0 radical (unpaired) electrons. The molecule has 0 bridgehead atoms. The van der Waals surface area contributed by atoms with E-state index in [0.717, 1.165) is 25.2 Å². The summed E-state index contributed by atoms with van der Waals surface area (Å²) >= 11 is 0. The molecule has 2 rings (SSSR count). The van der Waals surface area contributed by atoms with Crippen LogP contribution in [0.3, 0.4) is 0 Å². The first-order valence-corrected chi connectivity index (χ1v) is 6.55. The van der Waals surface area contributed by atoms with Gasteiger partial charge in [-0.15, -0.1) is 0 Å². The average molecular weight is 251 g/mol. The molecule has 2 atom stereocenters. The number of ether oxygens (including phenoxy) is 2. The van der Waals surface area contributed by atoms with Gasteiger partial charge in [-0.25, -0.2) is 0 Å². The highest BCUT2D eigenvalue weighted by molar-refractivity contribution is 5.32. The van der Waals surface area contributed by atoms with Crippen molar-refractivity contribution in [3.05, 3.63) is 12.4 Å². The van der Waals surface area contributed by atoms with Crippen molar-refractivity contribution in [2.24, 2.45) is 0 Å². The summed E-state index contributed by atoms with van der Waals surface area (Å²) in [6.07, 6.45) is 5.80. The largest absolute Gasteiger partial charge is 0.473 e. The van der Waals surface area contributed by atoms with Gasteiger partial charge in [0, 0.05) is 19.4 Å². The van der Waals surface area contributed by atoms with Crippen LogP contribution in [0.5, 0.6) is 5.88 Å². The fourth-order valence-electron chi connectivity index (χ4n) is 2.28. The van der Waals surface area contributed by atoms with Gasteiger partial charge in [0.15, 0.2) is 0 Å². The summed E-state index contributed by atoms with van der Waals surface area (Å²) in [5, 5.41) is 3.12. The Balaban J connectivity index is 1.97. The molecule has 1 saturated heterocycles. The van der Waals surface area contributed by atoms with Crippen LogP contribution in [0.4, 0.5) is 5.82 Å². The van der Waals surface area contributed by atoms with Gasteiger partial charge in [-0.2, -0.15) is 4.98 Å². The van der Waals surface area contributed by atoms with Gasteiger partial charge in [-0.1, -0.05) is 0 Å². The predicted molar refractivity (Wildman–Crippen MR) is 69.9 cm³/mol. The van der Waals surface area contributed by atoms with Crippen LogP contribution in [0.15, 0.2) is 12.4 Å². The summed E-state index contributed by atoms with van der Waals surface area (Å²) in [5.41, 5.74) is 0. The van der Waals surface area contributed by atoms with Crippen LogP contribution in [-0.2, 0) is 4.74 Å². The van der Waals surface area contributed by atoms with Gasteiger partial charge in [0.25, 0.3) is 0 Å². The lowest BCUT2D eigenvalue weighted by atomic mass is 10.0. The van der Waals surface area contributed by atoms with Crippen molar-refractivity contribution in [1.82, 2.24) is 9.97 Å². The van der Waals surface area contributed by atoms with Gasteiger partial charge in [-0.05, 0) is 20.8 Å². The minimum absolute atomic E-state index is 0.162. The Labute approximate surface area is 108 Å². The first-order chi connectivity index (χ1) is 8.67. The van der Waals surface area contributed by atoms with E-state index in [-0.39, 0.29) is 18.3 Å². The molecule has 1 aromatic rings. The molecule has 5 nitrogen and oxygen atoms in total. The number of anilines is 1. The molecule has 1 aliphatic heterocycles. The van der Waals surface area contributed by atoms with Crippen molar-refractivity contribution in [3.8, 4) is 5.88 Å². The maximum absolute atomic E-state index is 5.89. The molecular formula is C13H21N3O2. The van der Waals surface area contributed by atoms with E-state index >= 15 is 0 Å². The molecule has 2 heterocycles. The third-order valence-corrected chi connectivity index (χ3v) is 2.91. The summed E-state index contributed by atoms with van der Waals surface area (Å²) < 4.78 is 11.6. The van der Waals surface area contributed by atoms with E-state index in [1.165, 1.54) is 0 Å². The van der Waals surface area contributed by atoms with E-state index in [9.17, 15) is 0 Å². The number of hydrogen-bond donors (Lipinski definition) is 1. The molecule has 1 aromatic heterocycles. The molecule has 0 spiro atoms. The predicted octanol–water partition coefficient (Wildman–Crippen LogP) is 2.24. The summed E-state index contributed by atoms with van der Waals surface area (Å²) in [5.74, 6) is 1.34. The third-order valence-electron chi connectivity index (χ3n) is 2.91. The van der Waals surface area contributed by atoms with Crippen LogP contribution in [0.25, 0.3) is 0 Å². The standard InChI is InChI=1S/C13H21N3O2/c1-4-15-12-7-14-8-13(16-12)18-11-5-9(2)17-10(3)6-11/h7-11H,4-6H2,1-3H3,(H,15,16). The number of aromatic nitrogens is 2. The SMILES string of the molecule is CCNc1cncc(OC2CC(C)OC(C)C2)n1. The highest BCUT2D eigenvalue weighted by Crippen LogP contribution is 2.23.